The van der Waals surface area contributed by atoms with Gasteiger partial charge in [0.2, 0.25) is 0 Å². The zero-order chi connectivity index (χ0) is 11.1. The van der Waals surface area contributed by atoms with Gasteiger partial charge in [0.15, 0.2) is 0 Å². The van der Waals surface area contributed by atoms with E-state index in [1.807, 2.05) is 20.8 Å². The van der Waals surface area contributed by atoms with Gasteiger partial charge < -0.3 is 4.90 Å². The van der Waals surface area contributed by atoms with Crippen molar-refractivity contribution in [1.29, 1.82) is 0 Å². The second kappa shape index (κ2) is 6.90. The fourth-order valence-electron chi connectivity index (χ4n) is 2.36. The highest BCUT2D eigenvalue weighted by Gasteiger charge is 2.27. The predicted octanol–water partition coefficient (Wildman–Crippen LogP) is 3.30. The molecule has 0 N–H and O–H groups in total. The average Bonchev–Trinajstić information content (AvgIpc) is 2.22. The Bertz CT molecular complexity index is 211. The van der Waals surface area contributed by atoms with E-state index in [4.69, 9.17) is 0 Å². The molecule has 1 aliphatic heterocycles. The Labute approximate surface area is 95.2 Å². The minimum atomic E-state index is 0.696. The maximum absolute atomic E-state index is 3.30. The van der Waals surface area contributed by atoms with Crippen LogP contribution in [-0.4, -0.2) is 24.0 Å². The third kappa shape index (κ3) is 3.54. The molecule has 1 saturated carbocycles. The van der Waals surface area contributed by atoms with Crippen LogP contribution in [0.15, 0.2) is 0 Å². The number of nitrogens with zero attached hydrogens (tertiary/aromatic N) is 1. The summed E-state index contributed by atoms with van der Waals surface area (Å²) in [7, 11) is 0. The summed E-state index contributed by atoms with van der Waals surface area (Å²) in [5.41, 5.74) is 0. The Balaban J connectivity index is 0.000000531. The smallest absolute Gasteiger partial charge is 0.0227 e. The van der Waals surface area contributed by atoms with Crippen molar-refractivity contribution in [3.8, 4) is 11.8 Å². The summed E-state index contributed by atoms with van der Waals surface area (Å²) in [4.78, 5) is 2.68. The van der Waals surface area contributed by atoms with Gasteiger partial charge in [-0.25, -0.2) is 0 Å². The minimum Gasteiger partial charge on any atom is -0.300 e. The number of hydrogen-bond acceptors (Lipinski definition) is 1. The first-order valence-electron chi connectivity index (χ1n) is 6.56. The van der Waals surface area contributed by atoms with E-state index >= 15 is 0 Å². The summed E-state index contributed by atoms with van der Waals surface area (Å²) < 4.78 is 0. The quantitative estimate of drug-likeness (QED) is 0.596. The van der Waals surface area contributed by atoms with Crippen molar-refractivity contribution in [3.05, 3.63) is 0 Å². The fraction of sp³-hybridized carbons (Fsp3) is 0.857. The van der Waals surface area contributed by atoms with Crippen LogP contribution in [0.4, 0.5) is 0 Å². The lowest BCUT2D eigenvalue weighted by Crippen LogP contribution is -2.44. The Morgan fingerprint density at radius 3 is 2.00 bits per heavy atom. The van der Waals surface area contributed by atoms with Gasteiger partial charge in [-0.2, -0.15) is 0 Å². The first-order chi connectivity index (χ1) is 7.40. The zero-order valence-electron chi connectivity index (χ0n) is 10.6. The molecule has 0 aromatic rings. The van der Waals surface area contributed by atoms with Crippen LogP contribution in [-0.2, 0) is 0 Å². The standard InChI is InChI=1S/C12H19N.C2H6/c1-2-4-11-7-9-13(10-8-11)12-5-3-6-12;1-2/h11-12H,3,5-10H2,1H3;1-2H3. The molecule has 86 valence electrons. The monoisotopic (exact) mass is 207 g/mol. The van der Waals surface area contributed by atoms with E-state index < -0.39 is 0 Å². The lowest BCUT2D eigenvalue weighted by molar-refractivity contribution is 0.0945. The van der Waals surface area contributed by atoms with Crippen molar-refractivity contribution in [2.75, 3.05) is 13.1 Å². The molecule has 0 spiro atoms. The van der Waals surface area contributed by atoms with Crippen molar-refractivity contribution in [3.63, 3.8) is 0 Å². The van der Waals surface area contributed by atoms with E-state index in [2.05, 4.69) is 16.7 Å². The summed E-state index contributed by atoms with van der Waals surface area (Å²) in [5, 5.41) is 0. The molecule has 0 aromatic carbocycles. The maximum atomic E-state index is 3.30. The van der Waals surface area contributed by atoms with Gasteiger partial charge in [0.05, 0.1) is 0 Å². The molecule has 0 atom stereocenters. The summed E-state index contributed by atoms with van der Waals surface area (Å²) in [5.74, 6) is 7.04. The second-order valence-corrected chi connectivity index (χ2v) is 4.29. The van der Waals surface area contributed by atoms with E-state index in [0.29, 0.717) is 5.92 Å². The zero-order valence-corrected chi connectivity index (χ0v) is 10.6. The van der Waals surface area contributed by atoms with E-state index in [9.17, 15) is 0 Å². The molecule has 0 radical (unpaired) electrons. The largest absolute Gasteiger partial charge is 0.300 e. The Morgan fingerprint density at radius 2 is 1.60 bits per heavy atom. The number of hydrogen-bond donors (Lipinski definition) is 0. The molecule has 0 amide bonds. The third-order valence-corrected chi connectivity index (χ3v) is 3.47. The molecule has 1 nitrogen and oxygen atoms in total. The molecule has 2 fully saturated rings. The molecule has 1 aliphatic carbocycles. The lowest BCUT2D eigenvalue weighted by Gasteiger charge is -2.41. The first-order valence-corrected chi connectivity index (χ1v) is 6.56. The van der Waals surface area contributed by atoms with Gasteiger partial charge in [-0.1, -0.05) is 20.3 Å². The van der Waals surface area contributed by atoms with Crippen molar-refractivity contribution in [2.24, 2.45) is 5.92 Å². The molecule has 1 heteroatoms. The number of piperidine rings is 1. The Hall–Kier alpha value is -0.480. The molecular formula is C14H25N. The van der Waals surface area contributed by atoms with E-state index in [1.165, 1.54) is 45.2 Å². The van der Waals surface area contributed by atoms with E-state index in [0.717, 1.165) is 6.04 Å². The van der Waals surface area contributed by atoms with Crippen LogP contribution in [0.1, 0.15) is 52.9 Å². The van der Waals surface area contributed by atoms with Gasteiger partial charge in [0, 0.05) is 12.0 Å². The Morgan fingerprint density at radius 1 is 1.00 bits per heavy atom. The van der Waals surface area contributed by atoms with Gasteiger partial charge in [-0.05, 0) is 45.7 Å². The van der Waals surface area contributed by atoms with Crippen LogP contribution in [0.3, 0.4) is 0 Å². The molecule has 15 heavy (non-hydrogen) atoms. The Kier molecular flexibility index (Phi) is 5.79. The molecule has 1 saturated heterocycles. The van der Waals surface area contributed by atoms with Crippen molar-refractivity contribution < 1.29 is 0 Å². The molecule has 1 heterocycles. The highest BCUT2D eigenvalue weighted by molar-refractivity contribution is 5.03. The van der Waals surface area contributed by atoms with E-state index in [-0.39, 0.29) is 0 Å². The molecule has 2 rings (SSSR count). The summed E-state index contributed by atoms with van der Waals surface area (Å²) in [6.07, 6.45) is 6.96. The maximum Gasteiger partial charge on any atom is 0.0227 e. The molecule has 0 unspecified atom stereocenters. The first kappa shape index (κ1) is 12.6. The normalized spacial score (nSPS) is 23.1. The third-order valence-electron chi connectivity index (χ3n) is 3.47. The average molecular weight is 207 g/mol. The fourth-order valence-corrected chi connectivity index (χ4v) is 2.36. The van der Waals surface area contributed by atoms with Gasteiger partial charge in [0.1, 0.15) is 0 Å². The second-order valence-electron chi connectivity index (χ2n) is 4.29. The molecular weight excluding hydrogens is 182 g/mol. The lowest BCUT2D eigenvalue weighted by atomic mass is 9.88. The topological polar surface area (TPSA) is 3.24 Å². The summed E-state index contributed by atoms with van der Waals surface area (Å²) in [6, 6.07) is 0.940. The van der Waals surface area contributed by atoms with Crippen LogP contribution in [0, 0.1) is 17.8 Å². The number of rotatable bonds is 1. The number of likely N-dealkylation sites (tertiary alicyclic amines) is 1. The van der Waals surface area contributed by atoms with Crippen molar-refractivity contribution in [1.82, 2.24) is 4.90 Å². The van der Waals surface area contributed by atoms with Gasteiger partial charge >= 0.3 is 0 Å². The van der Waals surface area contributed by atoms with Crippen LogP contribution in [0.25, 0.3) is 0 Å². The van der Waals surface area contributed by atoms with Crippen LogP contribution in [0.2, 0.25) is 0 Å². The van der Waals surface area contributed by atoms with Gasteiger partial charge in [-0.3, -0.25) is 0 Å². The molecule has 2 aliphatic rings. The minimum absolute atomic E-state index is 0.696. The molecule has 0 aromatic heterocycles. The van der Waals surface area contributed by atoms with Gasteiger partial charge in [0.25, 0.3) is 0 Å². The van der Waals surface area contributed by atoms with Crippen molar-refractivity contribution in [2.45, 2.75) is 58.9 Å². The van der Waals surface area contributed by atoms with Crippen molar-refractivity contribution >= 4 is 0 Å². The highest BCUT2D eigenvalue weighted by Crippen LogP contribution is 2.28. The van der Waals surface area contributed by atoms with Crippen LogP contribution in [0.5, 0.6) is 0 Å². The van der Waals surface area contributed by atoms with Gasteiger partial charge in [-0.15, -0.1) is 11.8 Å². The summed E-state index contributed by atoms with van der Waals surface area (Å²) in [6.45, 7) is 8.55. The summed E-state index contributed by atoms with van der Waals surface area (Å²) >= 11 is 0. The predicted molar refractivity (Wildman–Crippen MR) is 66.7 cm³/mol. The van der Waals surface area contributed by atoms with E-state index in [1.54, 1.807) is 0 Å². The SMILES string of the molecule is CC.CC#CC1CCN(C2CCC2)CC1. The highest BCUT2D eigenvalue weighted by atomic mass is 15.2. The van der Waals surface area contributed by atoms with Crippen LogP contribution < -0.4 is 0 Å². The molecule has 0 bridgehead atoms. The van der Waals surface area contributed by atoms with Crippen LogP contribution >= 0.6 is 0 Å².